The zero-order valence-corrected chi connectivity index (χ0v) is 15.0. The molecule has 6 heteroatoms. The van der Waals surface area contributed by atoms with Crippen LogP contribution in [0.5, 0.6) is 11.5 Å². The first kappa shape index (κ1) is 18.0. The van der Waals surface area contributed by atoms with Crippen molar-refractivity contribution in [2.45, 2.75) is 45.4 Å². The van der Waals surface area contributed by atoms with E-state index in [-0.39, 0.29) is 17.9 Å². The van der Waals surface area contributed by atoms with Crippen LogP contribution in [0.4, 0.5) is 0 Å². The highest BCUT2D eigenvalue weighted by Crippen LogP contribution is 2.31. The smallest absolute Gasteiger partial charge is 0.222 e. The fourth-order valence-electron chi connectivity index (χ4n) is 3.26. The van der Waals surface area contributed by atoms with Crippen LogP contribution in [0.2, 0.25) is 0 Å². The summed E-state index contributed by atoms with van der Waals surface area (Å²) >= 11 is 0. The first-order valence-electron chi connectivity index (χ1n) is 9.12. The number of nitrogens with zero attached hydrogens (tertiary/aromatic N) is 1. The molecule has 1 amide bonds. The predicted octanol–water partition coefficient (Wildman–Crippen LogP) is 1.56. The first-order chi connectivity index (χ1) is 12.0. The quantitative estimate of drug-likeness (QED) is 0.864. The minimum Gasteiger partial charge on any atom is -0.486 e. The van der Waals surface area contributed by atoms with Gasteiger partial charge in [-0.2, -0.15) is 0 Å². The molecular formula is C19H28N2O4. The van der Waals surface area contributed by atoms with Gasteiger partial charge in [0.2, 0.25) is 5.91 Å². The molecule has 0 unspecified atom stereocenters. The Labute approximate surface area is 149 Å². The first-order valence-corrected chi connectivity index (χ1v) is 9.12. The zero-order chi connectivity index (χ0) is 17.8. The average molecular weight is 348 g/mol. The summed E-state index contributed by atoms with van der Waals surface area (Å²) in [4.78, 5) is 14.2. The Hall–Kier alpha value is -1.79. The molecule has 1 aromatic rings. The van der Waals surface area contributed by atoms with Crippen molar-refractivity contribution in [1.82, 2.24) is 10.2 Å². The summed E-state index contributed by atoms with van der Waals surface area (Å²) in [5, 5.41) is 13.3. The van der Waals surface area contributed by atoms with E-state index in [0.717, 1.165) is 37.6 Å². The molecule has 2 N–H and O–H groups in total. The van der Waals surface area contributed by atoms with Crippen LogP contribution in [0, 0.1) is 5.92 Å². The molecule has 6 nitrogen and oxygen atoms in total. The van der Waals surface area contributed by atoms with Crippen molar-refractivity contribution in [1.29, 1.82) is 0 Å². The predicted molar refractivity (Wildman–Crippen MR) is 94.7 cm³/mol. The number of benzene rings is 1. The number of carbonyl (C=O) groups is 1. The van der Waals surface area contributed by atoms with Gasteiger partial charge in [-0.3, -0.25) is 9.69 Å². The lowest BCUT2D eigenvalue weighted by Gasteiger charge is -2.23. The van der Waals surface area contributed by atoms with Gasteiger partial charge in [0, 0.05) is 25.6 Å². The van der Waals surface area contributed by atoms with Gasteiger partial charge in [-0.15, -0.1) is 0 Å². The number of rotatable bonds is 4. The maximum absolute atomic E-state index is 11.9. The van der Waals surface area contributed by atoms with E-state index in [4.69, 9.17) is 9.47 Å². The van der Waals surface area contributed by atoms with Crippen LogP contribution < -0.4 is 14.8 Å². The minimum absolute atomic E-state index is 0.00401. The maximum atomic E-state index is 11.9. The van der Waals surface area contributed by atoms with Gasteiger partial charge in [-0.1, -0.05) is 19.9 Å². The molecule has 3 rings (SSSR count). The van der Waals surface area contributed by atoms with Crippen LogP contribution >= 0.6 is 0 Å². The molecule has 1 saturated heterocycles. The third-order valence-corrected chi connectivity index (χ3v) is 4.83. The van der Waals surface area contributed by atoms with E-state index >= 15 is 0 Å². The summed E-state index contributed by atoms with van der Waals surface area (Å²) in [5.41, 5.74) is 1.17. The monoisotopic (exact) mass is 348 g/mol. The number of likely N-dealkylation sites (tertiary alicyclic amines) is 1. The molecule has 0 saturated carbocycles. The lowest BCUT2D eigenvalue weighted by Crippen LogP contribution is -2.44. The summed E-state index contributed by atoms with van der Waals surface area (Å²) in [7, 11) is 0. The van der Waals surface area contributed by atoms with Gasteiger partial charge in [0.05, 0.1) is 12.1 Å². The Morgan fingerprint density at radius 2 is 1.96 bits per heavy atom. The fourth-order valence-corrected chi connectivity index (χ4v) is 3.26. The Kier molecular flexibility index (Phi) is 5.81. The molecule has 0 bridgehead atoms. The standard InChI is InChI=1S/C19H28N2O4/c1-13(2)19(23)20-15-5-7-21(8-6-16(15)22)12-14-3-4-17-18(11-14)25-10-9-24-17/h3-4,11,13,15-16,22H,5-10,12H2,1-2H3,(H,20,23)/t15-,16-/m0/s1. The molecule has 2 aliphatic heterocycles. The van der Waals surface area contributed by atoms with Gasteiger partial charge in [0.25, 0.3) is 0 Å². The van der Waals surface area contributed by atoms with Gasteiger partial charge < -0.3 is 19.9 Å². The van der Waals surface area contributed by atoms with E-state index in [9.17, 15) is 9.90 Å². The van der Waals surface area contributed by atoms with Crippen LogP contribution in [0.15, 0.2) is 18.2 Å². The molecule has 2 heterocycles. The third kappa shape index (κ3) is 4.64. The highest BCUT2D eigenvalue weighted by atomic mass is 16.6. The molecule has 0 radical (unpaired) electrons. The van der Waals surface area contributed by atoms with Crippen molar-refractivity contribution in [2.24, 2.45) is 5.92 Å². The molecule has 1 aromatic carbocycles. The summed E-state index contributed by atoms with van der Waals surface area (Å²) < 4.78 is 11.2. The van der Waals surface area contributed by atoms with Crippen molar-refractivity contribution < 1.29 is 19.4 Å². The Bertz CT molecular complexity index is 605. The topological polar surface area (TPSA) is 71.0 Å². The van der Waals surface area contributed by atoms with Gasteiger partial charge in [0.1, 0.15) is 13.2 Å². The van der Waals surface area contributed by atoms with E-state index in [2.05, 4.69) is 16.3 Å². The normalized spacial score (nSPS) is 24.0. The second-order valence-electron chi connectivity index (χ2n) is 7.17. The number of ether oxygens (including phenoxy) is 2. The summed E-state index contributed by atoms with van der Waals surface area (Å²) in [6.45, 7) is 7.37. The summed E-state index contributed by atoms with van der Waals surface area (Å²) in [6.07, 6.45) is 0.922. The highest BCUT2D eigenvalue weighted by molar-refractivity contribution is 5.78. The second kappa shape index (κ2) is 8.06. The van der Waals surface area contributed by atoms with Crippen LogP contribution in [0.25, 0.3) is 0 Å². The minimum atomic E-state index is -0.493. The zero-order valence-electron chi connectivity index (χ0n) is 15.0. The summed E-state index contributed by atoms with van der Waals surface area (Å²) in [6, 6.07) is 5.89. The number of fused-ring (bicyclic) bond motifs is 1. The van der Waals surface area contributed by atoms with Crippen LogP contribution in [-0.2, 0) is 11.3 Å². The highest BCUT2D eigenvalue weighted by Gasteiger charge is 2.27. The van der Waals surface area contributed by atoms with Crippen molar-refractivity contribution in [3.8, 4) is 11.5 Å². The second-order valence-corrected chi connectivity index (χ2v) is 7.17. The number of nitrogens with one attached hydrogen (secondary N) is 1. The summed E-state index contributed by atoms with van der Waals surface area (Å²) in [5.74, 6) is 1.55. The van der Waals surface area contributed by atoms with Gasteiger partial charge in [0.15, 0.2) is 11.5 Å². The Morgan fingerprint density at radius 3 is 2.72 bits per heavy atom. The fraction of sp³-hybridized carbons (Fsp3) is 0.632. The molecule has 2 aliphatic rings. The van der Waals surface area contributed by atoms with E-state index in [1.165, 1.54) is 5.56 Å². The number of aliphatic hydroxyl groups is 1. The van der Waals surface area contributed by atoms with Crippen LogP contribution in [0.3, 0.4) is 0 Å². The van der Waals surface area contributed by atoms with Crippen molar-refractivity contribution in [3.63, 3.8) is 0 Å². The molecule has 25 heavy (non-hydrogen) atoms. The molecule has 1 fully saturated rings. The number of amides is 1. The number of carbonyl (C=O) groups excluding carboxylic acids is 1. The average Bonchev–Trinajstić information content (AvgIpc) is 2.77. The van der Waals surface area contributed by atoms with E-state index in [0.29, 0.717) is 19.6 Å². The Morgan fingerprint density at radius 1 is 1.24 bits per heavy atom. The Balaban J connectivity index is 1.58. The largest absolute Gasteiger partial charge is 0.486 e. The third-order valence-electron chi connectivity index (χ3n) is 4.83. The van der Waals surface area contributed by atoms with E-state index < -0.39 is 6.10 Å². The number of aliphatic hydroxyl groups excluding tert-OH is 1. The SMILES string of the molecule is CC(C)C(=O)N[C@H]1CCN(Cc2ccc3c(c2)OCCO3)CC[C@@H]1O. The van der Waals surface area contributed by atoms with Crippen LogP contribution in [-0.4, -0.2) is 54.4 Å². The molecular weight excluding hydrogens is 320 g/mol. The maximum Gasteiger partial charge on any atom is 0.222 e. The lowest BCUT2D eigenvalue weighted by molar-refractivity contribution is -0.125. The van der Waals surface area contributed by atoms with E-state index in [1.54, 1.807) is 0 Å². The number of hydrogen-bond donors (Lipinski definition) is 2. The van der Waals surface area contributed by atoms with Gasteiger partial charge >= 0.3 is 0 Å². The van der Waals surface area contributed by atoms with Gasteiger partial charge in [-0.25, -0.2) is 0 Å². The van der Waals surface area contributed by atoms with Crippen LogP contribution in [0.1, 0.15) is 32.3 Å². The molecule has 138 valence electrons. The molecule has 0 aliphatic carbocycles. The van der Waals surface area contributed by atoms with Gasteiger partial charge in [-0.05, 0) is 30.5 Å². The van der Waals surface area contributed by atoms with E-state index in [1.807, 2.05) is 26.0 Å². The van der Waals surface area contributed by atoms with Crippen molar-refractivity contribution in [2.75, 3.05) is 26.3 Å². The van der Waals surface area contributed by atoms with Crippen molar-refractivity contribution in [3.05, 3.63) is 23.8 Å². The van der Waals surface area contributed by atoms with Crippen molar-refractivity contribution >= 4 is 5.91 Å². The number of hydrogen-bond acceptors (Lipinski definition) is 5. The molecule has 0 spiro atoms. The molecule has 2 atom stereocenters. The lowest BCUT2D eigenvalue weighted by atomic mass is 10.1. The molecule has 0 aromatic heterocycles.